The van der Waals surface area contributed by atoms with Crippen LogP contribution in [0.15, 0.2) is 158 Å². The topological polar surface area (TPSA) is 57.4 Å². The highest BCUT2D eigenvalue weighted by Gasteiger charge is 2.20. The Hall–Kier alpha value is -6.88. The molecule has 2 aromatic heterocycles. The van der Waals surface area contributed by atoms with Crippen molar-refractivity contribution in [3.8, 4) is 45.8 Å². The van der Waals surface area contributed by atoms with Crippen LogP contribution in [0.3, 0.4) is 0 Å². The van der Waals surface area contributed by atoms with E-state index in [-0.39, 0.29) is 0 Å². The minimum atomic E-state index is 0.580. The van der Waals surface area contributed by atoms with Gasteiger partial charge in [-0.15, -0.1) is 0 Å². The second kappa shape index (κ2) is 10.9. The summed E-state index contributed by atoms with van der Waals surface area (Å²) in [6.07, 6.45) is 0. The molecule has 0 fully saturated rings. The van der Waals surface area contributed by atoms with Crippen LogP contribution in [-0.2, 0) is 0 Å². The molecule has 0 atom stereocenters. The molecule has 9 rings (SSSR count). The van der Waals surface area contributed by atoms with Crippen molar-refractivity contribution in [1.29, 1.82) is 10.5 Å². The van der Waals surface area contributed by atoms with Crippen molar-refractivity contribution in [3.05, 3.63) is 169 Å². The number of hydrogen-bond donors (Lipinski definition) is 0. The van der Waals surface area contributed by atoms with E-state index in [0.717, 1.165) is 66.5 Å². The summed E-state index contributed by atoms with van der Waals surface area (Å²) in [7, 11) is 0. The lowest BCUT2D eigenvalue weighted by Gasteiger charge is -2.18. The third-order valence-electron chi connectivity index (χ3n) is 9.43. The first-order valence-electron chi connectivity index (χ1n) is 15.9. The summed E-state index contributed by atoms with van der Waals surface area (Å²) in [4.78, 5) is 0. The van der Waals surface area contributed by atoms with Gasteiger partial charge in [0.25, 0.3) is 0 Å². The van der Waals surface area contributed by atoms with Gasteiger partial charge in [0, 0.05) is 38.4 Å². The van der Waals surface area contributed by atoms with Gasteiger partial charge in [0.15, 0.2) is 0 Å². The second-order valence-electron chi connectivity index (χ2n) is 11.9. The molecule has 0 radical (unpaired) electrons. The zero-order valence-electron chi connectivity index (χ0n) is 25.8. The highest BCUT2D eigenvalue weighted by molar-refractivity contribution is 6.12. The van der Waals surface area contributed by atoms with Crippen molar-refractivity contribution < 1.29 is 0 Å². The number of benzene rings is 7. The third kappa shape index (κ3) is 4.01. The monoisotopic (exact) mass is 610 g/mol. The maximum atomic E-state index is 10.6. The SMILES string of the molecule is N#Cc1cc(-n2c3ccccc3c3c(C#N)cccc32)ccc1-c1ccccc1-c1ccccc1-n1c2ccccc2c2ccccc21. The molecule has 0 unspecified atom stereocenters. The smallest absolute Gasteiger partial charge is 0.0998 e. The number of nitrogens with zero attached hydrogens (tertiary/aromatic N) is 4. The lowest BCUT2D eigenvalue weighted by atomic mass is 9.91. The van der Waals surface area contributed by atoms with Gasteiger partial charge in [0.2, 0.25) is 0 Å². The molecule has 0 aliphatic heterocycles. The fourth-order valence-electron chi connectivity index (χ4n) is 7.42. The summed E-state index contributed by atoms with van der Waals surface area (Å²) >= 11 is 0. The molecule has 2 heterocycles. The number of rotatable bonds is 4. The third-order valence-corrected chi connectivity index (χ3v) is 9.43. The molecule has 0 amide bonds. The van der Waals surface area contributed by atoms with Crippen LogP contribution in [0, 0.1) is 22.7 Å². The van der Waals surface area contributed by atoms with Gasteiger partial charge in [-0.25, -0.2) is 0 Å². The minimum Gasteiger partial charge on any atom is -0.309 e. The molecule has 0 aliphatic carbocycles. The number of hydrogen-bond acceptors (Lipinski definition) is 2. The quantitative estimate of drug-likeness (QED) is 0.199. The molecule has 0 spiro atoms. The Morgan fingerprint density at radius 3 is 1.56 bits per heavy atom. The summed E-state index contributed by atoms with van der Waals surface area (Å²) < 4.78 is 4.50. The molecule has 0 aliphatic rings. The van der Waals surface area contributed by atoms with Gasteiger partial charge in [-0.05, 0) is 59.7 Å². The van der Waals surface area contributed by atoms with Gasteiger partial charge >= 0.3 is 0 Å². The van der Waals surface area contributed by atoms with Gasteiger partial charge in [0.1, 0.15) is 0 Å². The fraction of sp³-hybridized carbons (Fsp3) is 0. The van der Waals surface area contributed by atoms with Gasteiger partial charge in [0.05, 0.1) is 51.0 Å². The predicted molar refractivity (Wildman–Crippen MR) is 195 cm³/mol. The van der Waals surface area contributed by atoms with Crippen LogP contribution in [0.4, 0.5) is 0 Å². The predicted octanol–water partition coefficient (Wildman–Crippen LogP) is 11.0. The zero-order chi connectivity index (χ0) is 32.2. The average Bonchev–Trinajstić information content (AvgIpc) is 3.68. The Morgan fingerprint density at radius 1 is 0.375 bits per heavy atom. The van der Waals surface area contributed by atoms with Crippen molar-refractivity contribution in [1.82, 2.24) is 9.13 Å². The van der Waals surface area contributed by atoms with Crippen molar-refractivity contribution >= 4 is 43.6 Å². The molecule has 0 bridgehead atoms. The van der Waals surface area contributed by atoms with Crippen LogP contribution < -0.4 is 0 Å². The van der Waals surface area contributed by atoms with Crippen LogP contribution in [0.2, 0.25) is 0 Å². The van der Waals surface area contributed by atoms with E-state index in [4.69, 9.17) is 0 Å². The van der Waals surface area contributed by atoms with Crippen LogP contribution in [-0.4, -0.2) is 9.13 Å². The van der Waals surface area contributed by atoms with E-state index in [2.05, 4.69) is 137 Å². The molecule has 0 saturated carbocycles. The zero-order valence-corrected chi connectivity index (χ0v) is 25.8. The van der Waals surface area contributed by atoms with E-state index >= 15 is 0 Å². The van der Waals surface area contributed by atoms with Gasteiger partial charge in [-0.3, -0.25) is 0 Å². The average molecular weight is 611 g/mol. The largest absolute Gasteiger partial charge is 0.309 e. The standard InChI is InChI=1S/C44H26N4/c45-27-29-12-11-23-43-44(29)38-18-6-10-22-42(38)47(43)31-24-25-32(30(26-31)28-46)33-13-1-2-14-34(33)35-15-3-7-19-39(35)48-40-20-8-4-16-36(40)37-17-5-9-21-41(37)48/h1-26H. The number of aromatic nitrogens is 2. The normalized spacial score (nSPS) is 11.3. The van der Waals surface area contributed by atoms with E-state index < -0.39 is 0 Å². The minimum absolute atomic E-state index is 0.580. The lowest BCUT2D eigenvalue weighted by Crippen LogP contribution is -1.99. The van der Waals surface area contributed by atoms with E-state index in [0.29, 0.717) is 11.1 Å². The first-order valence-corrected chi connectivity index (χ1v) is 15.9. The van der Waals surface area contributed by atoms with E-state index in [1.165, 1.54) is 10.8 Å². The molecule has 48 heavy (non-hydrogen) atoms. The number of nitriles is 2. The van der Waals surface area contributed by atoms with E-state index in [9.17, 15) is 10.5 Å². The highest BCUT2D eigenvalue weighted by Crippen LogP contribution is 2.41. The summed E-state index contributed by atoms with van der Waals surface area (Å²) in [6.45, 7) is 0. The van der Waals surface area contributed by atoms with Crippen molar-refractivity contribution in [2.24, 2.45) is 0 Å². The maximum absolute atomic E-state index is 10.6. The molecular formula is C44H26N4. The second-order valence-corrected chi connectivity index (χ2v) is 11.9. The first kappa shape index (κ1) is 27.4. The fourth-order valence-corrected chi connectivity index (χ4v) is 7.42. The first-order chi connectivity index (χ1) is 23.8. The summed E-state index contributed by atoms with van der Waals surface area (Å²) in [5.41, 5.74) is 11.4. The van der Waals surface area contributed by atoms with E-state index in [1.54, 1.807) is 0 Å². The molecule has 9 aromatic rings. The molecule has 7 aromatic carbocycles. The Balaban J connectivity index is 1.25. The number of fused-ring (bicyclic) bond motifs is 6. The summed E-state index contributed by atoms with van der Waals surface area (Å²) in [5, 5.41) is 24.9. The lowest BCUT2D eigenvalue weighted by molar-refractivity contribution is 1.18. The summed E-state index contributed by atoms with van der Waals surface area (Å²) in [6, 6.07) is 58.9. The Morgan fingerprint density at radius 2 is 0.896 bits per heavy atom. The molecule has 4 nitrogen and oxygen atoms in total. The van der Waals surface area contributed by atoms with Gasteiger partial charge in [-0.1, -0.05) is 109 Å². The molecular weight excluding hydrogens is 585 g/mol. The van der Waals surface area contributed by atoms with Crippen molar-refractivity contribution in [3.63, 3.8) is 0 Å². The Bertz CT molecular complexity index is 2760. The summed E-state index contributed by atoms with van der Waals surface area (Å²) in [5.74, 6) is 0. The van der Waals surface area contributed by atoms with Crippen LogP contribution in [0.1, 0.15) is 11.1 Å². The van der Waals surface area contributed by atoms with Crippen LogP contribution in [0.5, 0.6) is 0 Å². The van der Waals surface area contributed by atoms with Gasteiger partial charge in [-0.2, -0.15) is 10.5 Å². The van der Waals surface area contributed by atoms with E-state index in [1.807, 2.05) is 42.5 Å². The van der Waals surface area contributed by atoms with Crippen LogP contribution >= 0.6 is 0 Å². The molecule has 4 heteroatoms. The van der Waals surface area contributed by atoms with Crippen molar-refractivity contribution in [2.75, 3.05) is 0 Å². The maximum Gasteiger partial charge on any atom is 0.0998 e. The van der Waals surface area contributed by atoms with Gasteiger partial charge < -0.3 is 9.13 Å². The molecule has 0 N–H and O–H groups in total. The van der Waals surface area contributed by atoms with Crippen LogP contribution in [0.25, 0.3) is 77.2 Å². The molecule has 222 valence electrons. The van der Waals surface area contributed by atoms with Crippen molar-refractivity contribution in [2.45, 2.75) is 0 Å². The Labute approximate surface area is 277 Å². The number of para-hydroxylation sites is 4. The molecule has 0 saturated heterocycles. The highest BCUT2D eigenvalue weighted by atomic mass is 15.0. The Kier molecular flexibility index (Phi) is 6.22.